The lowest BCUT2D eigenvalue weighted by Crippen LogP contribution is -2.36. The van der Waals surface area contributed by atoms with Crippen LogP contribution in [0.15, 0.2) is 0 Å². The molecule has 0 aromatic heterocycles. The van der Waals surface area contributed by atoms with E-state index in [1.165, 1.54) is 32.1 Å². The number of hydrogen-bond donors (Lipinski definition) is 1. The van der Waals surface area contributed by atoms with E-state index in [4.69, 9.17) is 0 Å². The maximum atomic E-state index is 11.8. The number of amides is 1. The van der Waals surface area contributed by atoms with E-state index in [9.17, 15) is 4.79 Å². The quantitative estimate of drug-likeness (QED) is 0.761. The van der Waals surface area contributed by atoms with Gasteiger partial charge < -0.3 is 5.32 Å². The highest BCUT2D eigenvalue weighted by molar-refractivity contribution is 5.78. The van der Waals surface area contributed by atoms with Crippen LogP contribution in [0.2, 0.25) is 0 Å². The Kier molecular flexibility index (Phi) is 5.13. The molecule has 1 unspecified atom stereocenters. The largest absolute Gasteiger partial charge is 0.356 e. The molecular weight excluding hydrogens is 186 g/mol. The molecule has 1 aliphatic rings. The number of rotatable bonds is 4. The minimum atomic E-state index is 0.212. The Morgan fingerprint density at radius 3 is 2.33 bits per heavy atom. The minimum absolute atomic E-state index is 0.212. The fraction of sp³-hybridized carbons (Fsp3) is 0.923. The van der Waals surface area contributed by atoms with Gasteiger partial charge in [0, 0.05) is 12.5 Å². The van der Waals surface area contributed by atoms with Crippen LogP contribution < -0.4 is 5.32 Å². The third kappa shape index (κ3) is 4.23. The van der Waals surface area contributed by atoms with E-state index in [0.717, 1.165) is 6.54 Å². The zero-order valence-electron chi connectivity index (χ0n) is 10.4. The molecular formula is C13H25NO. The Hall–Kier alpha value is -0.530. The van der Waals surface area contributed by atoms with Crippen molar-refractivity contribution in [2.45, 2.75) is 52.9 Å². The van der Waals surface area contributed by atoms with Crippen LogP contribution in [0.5, 0.6) is 0 Å². The second-order valence-electron chi connectivity index (χ2n) is 5.33. The van der Waals surface area contributed by atoms with Crippen LogP contribution >= 0.6 is 0 Å². The highest BCUT2D eigenvalue weighted by Crippen LogP contribution is 2.29. The molecule has 0 aromatic carbocycles. The Balaban J connectivity index is 2.30. The lowest BCUT2D eigenvalue weighted by molar-refractivity contribution is -0.126. The minimum Gasteiger partial charge on any atom is -0.356 e. The Bertz CT molecular complexity index is 195. The van der Waals surface area contributed by atoms with Crippen molar-refractivity contribution in [3.05, 3.63) is 0 Å². The van der Waals surface area contributed by atoms with Crippen LogP contribution in [0, 0.1) is 17.8 Å². The monoisotopic (exact) mass is 211 g/mol. The zero-order valence-corrected chi connectivity index (χ0v) is 10.4. The average molecular weight is 211 g/mol. The van der Waals surface area contributed by atoms with Crippen LogP contribution in [0.3, 0.4) is 0 Å². The predicted molar refractivity (Wildman–Crippen MR) is 63.6 cm³/mol. The summed E-state index contributed by atoms with van der Waals surface area (Å²) >= 11 is 0. The van der Waals surface area contributed by atoms with Crippen LogP contribution in [-0.2, 0) is 4.79 Å². The lowest BCUT2D eigenvalue weighted by atomic mass is 9.80. The highest BCUT2D eigenvalue weighted by Gasteiger charge is 2.25. The van der Waals surface area contributed by atoms with E-state index in [1.807, 2.05) is 0 Å². The Labute approximate surface area is 93.8 Å². The predicted octanol–water partition coefficient (Wildman–Crippen LogP) is 2.98. The molecule has 0 bridgehead atoms. The molecule has 2 heteroatoms. The van der Waals surface area contributed by atoms with Gasteiger partial charge in [-0.25, -0.2) is 0 Å². The lowest BCUT2D eigenvalue weighted by Gasteiger charge is -2.27. The first-order valence-electron chi connectivity index (χ1n) is 6.39. The molecule has 1 amide bonds. The normalized spacial score (nSPS) is 20.3. The molecule has 2 nitrogen and oxygen atoms in total. The van der Waals surface area contributed by atoms with Gasteiger partial charge in [0.1, 0.15) is 0 Å². The standard InChI is InChI=1S/C13H25NO/c1-10(2)9-14-13(15)11(3)12-7-5-4-6-8-12/h10-12H,4-9H2,1-3H3,(H,14,15). The first-order chi connectivity index (χ1) is 7.11. The third-order valence-corrected chi connectivity index (χ3v) is 3.46. The molecule has 0 heterocycles. The number of nitrogens with one attached hydrogen (secondary N) is 1. The van der Waals surface area contributed by atoms with Gasteiger partial charge in [-0.2, -0.15) is 0 Å². The molecule has 1 fully saturated rings. The first kappa shape index (κ1) is 12.5. The molecule has 1 N–H and O–H groups in total. The van der Waals surface area contributed by atoms with Crippen LogP contribution in [0.1, 0.15) is 52.9 Å². The van der Waals surface area contributed by atoms with E-state index >= 15 is 0 Å². The summed E-state index contributed by atoms with van der Waals surface area (Å²) < 4.78 is 0. The van der Waals surface area contributed by atoms with Crippen molar-refractivity contribution in [1.82, 2.24) is 5.32 Å². The van der Waals surface area contributed by atoms with Gasteiger partial charge >= 0.3 is 0 Å². The van der Waals surface area contributed by atoms with Crippen LogP contribution in [0.4, 0.5) is 0 Å². The van der Waals surface area contributed by atoms with Crippen LogP contribution in [0.25, 0.3) is 0 Å². The number of carbonyl (C=O) groups is 1. The van der Waals surface area contributed by atoms with Gasteiger partial charge in [-0.1, -0.05) is 40.0 Å². The summed E-state index contributed by atoms with van der Waals surface area (Å²) in [5.74, 6) is 1.65. The summed E-state index contributed by atoms with van der Waals surface area (Å²) in [5.41, 5.74) is 0. The molecule has 1 saturated carbocycles. The van der Waals surface area contributed by atoms with Gasteiger partial charge in [0.15, 0.2) is 0 Å². The Morgan fingerprint density at radius 1 is 1.20 bits per heavy atom. The average Bonchev–Trinajstić information content (AvgIpc) is 2.26. The topological polar surface area (TPSA) is 29.1 Å². The molecule has 15 heavy (non-hydrogen) atoms. The van der Waals surface area contributed by atoms with Gasteiger partial charge in [-0.3, -0.25) is 4.79 Å². The van der Waals surface area contributed by atoms with Crippen molar-refractivity contribution in [2.75, 3.05) is 6.54 Å². The van der Waals surface area contributed by atoms with E-state index < -0.39 is 0 Å². The van der Waals surface area contributed by atoms with Crippen molar-refractivity contribution in [1.29, 1.82) is 0 Å². The molecule has 1 aliphatic carbocycles. The van der Waals surface area contributed by atoms with Crippen molar-refractivity contribution in [2.24, 2.45) is 17.8 Å². The number of carbonyl (C=O) groups excluding carboxylic acids is 1. The molecule has 0 radical (unpaired) electrons. The van der Waals surface area contributed by atoms with Crippen molar-refractivity contribution in [3.63, 3.8) is 0 Å². The maximum Gasteiger partial charge on any atom is 0.223 e. The van der Waals surface area contributed by atoms with Gasteiger partial charge in [0.05, 0.1) is 0 Å². The van der Waals surface area contributed by atoms with E-state index in [-0.39, 0.29) is 11.8 Å². The fourth-order valence-electron chi connectivity index (χ4n) is 2.31. The van der Waals surface area contributed by atoms with Gasteiger partial charge in [0.2, 0.25) is 5.91 Å². The smallest absolute Gasteiger partial charge is 0.223 e. The highest BCUT2D eigenvalue weighted by atomic mass is 16.1. The fourth-order valence-corrected chi connectivity index (χ4v) is 2.31. The molecule has 1 atom stereocenters. The van der Waals surface area contributed by atoms with Gasteiger partial charge in [0.25, 0.3) is 0 Å². The summed E-state index contributed by atoms with van der Waals surface area (Å²) in [4.78, 5) is 11.8. The number of hydrogen-bond acceptors (Lipinski definition) is 1. The molecule has 0 aromatic rings. The second-order valence-corrected chi connectivity index (χ2v) is 5.33. The summed E-state index contributed by atoms with van der Waals surface area (Å²) in [6.45, 7) is 7.17. The van der Waals surface area contributed by atoms with Gasteiger partial charge in [-0.05, 0) is 24.7 Å². The maximum absolute atomic E-state index is 11.8. The summed E-state index contributed by atoms with van der Waals surface area (Å²) in [6, 6.07) is 0. The van der Waals surface area contributed by atoms with E-state index in [1.54, 1.807) is 0 Å². The SMILES string of the molecule is CC(C)CNC(=O)C(C)C1CCCCC1. The third-order valence-electron chi connectivity index (χ3n) is 3.46. The van der Waals surface area contributed by atoms with E-state index in [0.29, 0.717) is 11.8 Å². The molecule has 0 aliphatic heterocycles. The summed E-state index contributed by atoms with van der Waals surface area (Å²) in [6.07, 6.45) is 6.47. The molecule has 88 valence electrons. The van der Waals surface area contributed by atoms with Crippen molar-refractivity contribution >= 4 is 5.91 Å². The summed E-state index contributed by atoms with van der Waals surface area (Å²) in [5, 5.41) is 3.04. The molecule has 0 spiro atoms. The van der Waals surface area contributed by atoms with Gasteiger partial charge in [-0.15, -0.1) is 0 Å². The van der Waals surface area contributed by atoms with Crippen LogP contribution in [-0.4, -0.2) is 12.5 Å². The Morgan fingerprint density at radius 2 is 1.80 bits per heavy atom. The molecule has 0 saturated heterocycles. The zero-order chi connectivity index (χ0) is 11.3. The first-order valence-corrected chi connectivity index (χ1v) is 6.39. The van der Waals surface area contributed by atoms with Crippen molar-refractivity contribution < 1.29 is 4.79 Å². The van der Waals surface area contributed by atoms with E-state index in [2.05, 4.69) is 26.1 Å². The van der Waals surface area contributed by atoms with Crippen molar-refractivity contribution in [3.8, 4) is 0 Å². The molecule has 1 rings (SSSR count). The summed E-state index contributed by atoms with van der Waals surface area (Å²) in [7, 11) is 0. The second kappa shape index (κ2) is 6.14.